The summed E-state index contributed by atoms with van der Waals surface area (Å²) in [6.07, 6.45) is 0.194. The average Bonchev–Trinajstić information content (AvgIpc) is 2.42. The lowest BCUT2D eigenvalue weighted by atomic mass is 9.70. The monoisotopic (exact) mass is 232 g/mol. The molecule has 2 atom stereocenters. The minimum Gasteiger partial charge on any atom is -0.368 e. The van der Waals surface area contributed by atoms with Gasteiger partial charge in [0.25, 0.3) is 0 Å². The maximum Gasteiger partial charge on any atom is 0.249 e. The molecule has 3 N–H and O–H groups in total. The standard InChI is InChI=1S/C10H14F2N2O2/c11-10(12)3-1-2-9(5-10)4-6(7(13)15)14-8(9)16/h6H,1-5H2,(H2,13,15)(H,14,16). The Labute approximate surface area is 91.6 Å². The molecule has 6 heteroatoms. The zero-order chi connectivity index (χ0) is 12.0. The van der Waals surface area contributed by atoms with E-state index < -0.39 is 35.6 Å². The quantitative estimate of drug-likeness (QED) is 0.693. The van der Waals surface area contributed by atoms with E-state index in [0.717, 1.165) is 0 Å². The number of carbonyl (C=O) groups excluding carboxylic acids is 2. The van der Waals surface area contributed by atoms with E-state index in [-0.39, 0.29) is 12.8 Å². The number of alkyl halides is 2. The zero-order valence-electron chi connectivity index (χ0n) is 8.76. The van der Waals surface area contributed by atoms with E-state index in [1.54, 1.807) is 0 Å². The van der Waals surface area contributed by atoms with Crippen LogP contribution in [0.4, 0.5) is 8.78 Å². The molecule has 0 aromatic heterocycles. The average molecular weight is 232 g/mol. The van der Waals surface area contributed by atoms with Crippen molar-refractivity contribution in [3.05, 3.63) is 0 Å². The Bertz CT molecular complexity index is 346. The highest BCUT2D eigenvalue weighted by molar-refractivity contribution is 5.93. The van der Waals surface area contributed by atoms with Crippen molar-refractivity contribution in [2.24, 2.45) is 11.1 Å². The molecule has 0 radical (unpaired) electrons. The second-order valence-corrected chi connectivity index (χ2v) is 4.80. The molecule has 1 saturated heterocycles. The third-order valence-electron chi connectivity index (χ3n) is 3.52. The van der Waals surface area contributed by atoms with Gasteiger partial charge in [0, 0.05) is 12.8 Å². The van der Waals surface area contributed by atoms with Crippen molar-refractivity contribution in [3.63, 3.8) is 0 Å². The van der Waals surface area contributed by atoms with Gasteiger partial charge in [-0.25, -0.2) is 8.78 Å². The van der Waals surface area contributed by atoms with Gasteiger partial charge >= 0.3 is 0 Å². The second kappa shape index (κ2) is 3.40. The summed E-state index contributed by atoms with van der Waals surface area (Å²) in [4.78, 5) is 22.7. The van der Waals surface area contributed by atoms with E-state index in [1.807, 2.05) is 0 Å². The number of carbonyl (C=O) groups is 2. The van der Waals surface area contributed by atoms with Gasteiger partial charge in [-0.15, -0.1) is 0 Å². The number of amides is 2. The Morgan fingerprint density at radius 1 is 1.44 bits per heavy atom. The van der Waals surface area contributed by atoms with E-state index >= 15 is 0 Å². The van der Waals surface area contributed by atoms with Gasteiger partial charge in [0.1, 0.15) is 6.04 Å². The number of hydrogen-bond acceptors (Lipinski definition) is 2. The number of nitrogens with two attached hydrogens (primary N) is 1. The van der Waals surface area contributed by atoms with Gasteiger partial charge < -0.3 is 11.1 Å². The highest BCUT2D eigenvalue weighted by Gasteiger charge is 2.55. The molecule has 1 aliphatic carbocycles. The van der Waals surface area contributed by atoms with Gasteiger partial charge in [0.15, 0.2) is 0 Å². The van der Waals surface area contributed by atoms with Crippen LogP contribution < -0.4 is 11.1 Å². The van der Waals surface area contributed by atoms with Gasteiger partial charge in [-0.3, -0.25) is 9.59 Å². The van der Waals surface area contributed by atoms with Crippen molar-refractivity contribution >= 4 is 11.8 Å². The van der Waals surface area contributed by atoms with E-state index in [2.05, 4.69) is 5.32 Å². The van der Waals surface area contributed by atoms with Crippen molar-refractivity contribution in [1.29, 1.82) is 0 Å². The molecule has 1 heterocycles. The van der Waals surface area contributed by atoms with Crippen LogP contribution in [0.1, 0.15) is 32.1 Å². The maximum atomic E-state index is 13.3. The molecule has 4 nitrogen and oxygen atoms in total. The number of halogens is 2. The Balaban J connectivity index is 2.19. The molecular formula is C10H14F2N2O2. The van der Waals surface area contributed by atoms with E-state index in [1.165, 1.54) is 0 Å². The Morgan fingerprint density at radius 2 is 2.12 bits per heavy atom. The molecule has 2 unspecified atom stereocenters. The number of primary amides is 1. The van der Waals surface area contributed by atoms with Gasteiger partial charge in [-0.1, -0.05) is 0 Å². The van der Waals surface area contributed by atoms with Crippen LogP contribution in [-0.2, 0) is 9.59 Å². The Morgan fingerprint density at radius 3 is 2.62 bits per heavy atom. The summed E-state index contributed by atoms with van der Waals surface area (Å²) in [5, 5.41) is 2.40. The minimum absolute atomic E-state index is 0.108. The summed E-state index contributed by atoms with van der Waals surface area (Å²) in [5.74, 6) is -3.91. The molecular weight excluding hydrogens is 218 g/mol. The van der Waals surface area contributed by atoms with Crippen LogP contribution in [0.2, 0.25) is 0 Å². The third kappa shape index (κ3) is 1.76. The highest BCUT2D eigenvalue weighted by atomic mass is 19.3. The van der Waals surface area contributed by atoms with Gasteiger partial charge in [-0.2, -0.15) is 0 Å². The van der Waals surface area contributed by atoms with Crippen LogP contribution in [0.3, 0.4) is 0 Å². The summed E-state index contributed by atoms with van der Waals surface area (Å²) < 4.78 is 26.6. The molecule has 0 bridgehead atoms. The highest BCUT2D eigenvalue weighted by Crippen LogP contribution is 2.49. The maximum absolute atomic E-state index is 13.3. The molecule has 0 aromatic rings. The predicted octanol–water partition coefficient (Wildman–Crippen LogP) is 0.556. The molecule has 90 valence electrons. The molecule has 2 amide bonds. The molecule has 16 heavy (non-hydrogen) atoms. The van der Waals surface area contributed by atoms with E-state index in [0.29, 0.717) is 12.8 Å². The van der Waals surface area contributed by atoms with Gasteiger partial charge in [-0.05, 0) is 19.3 Å². The summed E-state index contributed by atoms with van der Waals surface area (Å²) >= 11 is 0. The van der Waals surface area contributed by atoms with Crippen LogP contribution in [0, 0.1) is 5.41 Å². The van der Waals surface area contributed by atoms with Gasteiger partial charge in [0.2, 0.25) is 17.7 Å². The van der Waals surface area contributed by atoms with Crippen molar-refractivity contribution in [1.82, 2.24) is 5.32 Å². The molecule has 2 fully saturated rings. The summed E-state index contributed by atoms with van der Waals surface area (Å²) in [6, 6.07) is -0.790. The second-order valence-electron chi connectivity index (χ2n) is 4.80. The Kier molecular flexibility index (Phi) is 2.40. The van der Waals surface area contributed by atoms with Crippen molar-refractivity contribution in [2.45, 2.75) is 44.1 Å². The van der Waals surface area contributed by atoms with E-state index in [9.17, 15) is 18.4 Å². The van der Waals surface area contributed by atoms with Gasteiger partial charge in [0.05, 0.1) is 5.41 Å². The number of nitrogens with one attached hydrogen (secondary N) is 1. The van der Waals surface area contributed by atoms with Crippen LogP contribution in [-0.4, -0.2) is 23.8 Å². The predicted molar refractivity (Wildman–Crippen MR) is 51.6 cm³/mol. The molecule has 2 rings (SSSR count). The lowest BCUT2D eigenvalue weighted by molar-refractivity contribution is -0.139. The van der Waals surface area contributed by atoms with Crippen LogP contribution in [0.15, 0.2) is 0 Å². The molecule has 0 aromatic carbocycles. The molecule has 1 aliphatic heterocycles. The molecule has 1 spiro atoms. The smallest absolute Gasteiger partial charge is 0.249 e. The van der Waals surface area contributed by atoms with Crippen molar-refractivity contribution in [2.75, 3.05) is 0 Å². The third-order valence-corrected chi connectivity index (χ3v) is 3.52. The van der Waals surface area contributed by atoms with E-state index in [4.69, 9.17) is 5.73 Å². The lowest BCUT2D eigenvalue weighted by Crippen LogP contribution is -2.41. The lowest BCUT2D eigenvalue weighted by Gasteiger charge is -2.35. The SMILES string of the molecule is NC(=O)C1CC2(CCCC(F)(F)C2)C(=O)N1. The van der Waals surface area contributed by atoms with Crippen molar-refractivity contribution < 1.29 is 18.4 Å². The summed E-state index contributed by atoms with van der Waals surface area (Å²) in [5.41, 5.74) is 3.99. The fourth-order valence-corrected chi connectivity index (χ4v) is 2.74. The summed E-state index contributed by atoms with van der Waals surface area (Å²) in [7, 11) is 0. The van der Waals surface area contributed by atoms with Crippen LogP contribution >= 0.6 is 0 Å². The summed E-state index contributed by atoms with van der Waals surface area (Å²) in [6.45, 7) is 0. The fourth-order valence-electron chi connectivity index (χ4n) is 2.74. The fraction of sp³-hybridized carbons (Fsp3) is 0.800. The minimum atomic E-state index is -2.80. The first kappa shape index (κ1) is 11.3. The Hall–Kier alpha value is -1.20. The molecule has 2 aliphatic rings. The first-order valence-electron chi connectivity index (χ1n) is 5.33. The normalized spacial score (nSPS) is 37.4. The first-order valence-corrected chi connectivity index (χ1v) is 5.33. The topological polar surface area (TPSA) is 72.2 Å². The molecule has 1 saturated carbocycles. The number of rotatable bonds is 1. The van der Waals surface area contributed by atoms with Crippen LogP contribution in [0.5, 0.6) is 0 Å². The number of hydrogen-bond donors (Lipinski definition) is 2. The van der Waals surface area contributed by atoms with Crippen LogP contribution in [0.25, 0.3) is 0 Å². The van der Waals surface area contributed by atoms with Crippen molar-refractivity contribution in [3.8, 4) is 0 Å². The zero-order valence-corrected chi connectivity index (χ0v) is 8.76. The first-order chi connectivity index (χ1) is 7.35. The largest absolute Gasteiger partial charge is 0.368 e.